The van der Waals surface area contributed by atoms with Crippen LogP contribution in [0.2, 0.25) is 0 Å². The maximum Gasteiger partial charge on any atom is 1.00 e. The third-order valence-corrected chi connectivity index (χ3v) is 5.56. The van der Waals surface area contributed by atoms with E-state index in [1.165, 1.54) is 57.8 Å². The molecule has 0 rings (SSSR count). The van der Waals surface area contributed by atoms with E-state index in [9.17, 15) is 18.1 Å². The third-order valence-electron chi connectivity index (χ3n) is 4.28. The summed E-state index contributed by atoms with van der Waals surface area (Å²) < 4.78 is 32.4. The minimum atomic E-state index is -4.61. The Bertz CT molecular complexity index is 356. The summed E-state index contributed by atoms with van der Waals surface area (Å²) in [5.74, 6) is 0. The predicted molar refractivity (Wildman–Crippen MR) is 90.6 cm³/mol. The molecular formula is C17H35NaO4S. The Kier molecular flexibility index (Phi) is 17.2. The molecule has 0 bridgehead atoms. The van der Waals surface area contributed by atoms with Gasteiger partial charge in [0.2, 0.25) is 0 Å². The van der Waals surface area contributed by atoms with Crippen LogP contribution in [0.3, 0.4) is 0 Å². The molecule has 0 aliphatic heterocycles. The van der Waals surface area contributed by atoms with Crippen molar-refractivity contribution in [2.75, 3.05) is 0 Å². The Morgan fingerprint density at radius 2 is 1.09 bits per heavy atom. The number of rotatable bonds is 15. The molecule has 0 amide bonds. The smallest absolute Gasteiger partial charge is 0.746 e. The van der Waals surface area contributed by atoms with Crippen LogP contribution in [0.5, 0.6) is 0 Å². The number of hydrogen-bond acceptors (Lipinski definition) is 4. The summed E-state index contributed by atoms with van der Waals surface area (Å²) in [4.78, 5) is -2.11. The van der Waals surface area contributed by atoms with Crippen molar-refractivity contribution < 1.29 is 47.6 Å². The molecule has 134 valence electrons. The summed E-state index contributed by atoms with van der Waals surface area (Å²) in [5.41, 5.74) is 0. The van der Waals surface area contributed by atoms with E-state index in [1.54, 1.807) is 0 Å². The average Bonchev–Trinajstić information content (AvgIpc) is 2.42. The Hall–Kier alpha value is 0.870. The van der Waals surface area contributed by atoms with Gasteiger partial charge in [0.1, 0.15) is 10.1 Å². The monoisotopic (exact) mass is 358 g/mol. The van der Waals surface area contributed by atoms with Crippen molar-refractivity contribution in [1.82, 2.24) is 0 Å². The Morgan fingerprint density at radius 3 is 1.39 bits per heavy atom. The van der Waals surface area contributed by atoms with Crippen molar-refractivity contribution in [3.63, 3.8) is 0 Å². The van der Waals surface area contributed by atoms with Crippen LogP contribution >= 0.6 is 0 Å². The second kappa shape index (κ2) is 15.2. The van der Waals surface area contributed by atoms with Gasteiger partial charge in [-0.05, 0) is 19.8 Å². The molecule has 0 aromatic carbocycles. The number of unbranched alkanes of at least 4 members (excludes halogenated alkanes) is 12. The van der Waals surface area contributed by atoms with Crippen molar-refractivity contribution in [2.45, 2.75) is 109 Å². The molecule has 0 spiro atoms. The summed E-state index contributed by atoms with van der Waals surface area (Å²) in [6.07, 6.45) is 15.6. The maximum atomic E-state index is 10.8. The minimum Gasteiger partial charge on any atom is -0.746 e. The molecule has 0 aliphatic rings. The van der Waals surface area contributed by atoms with E-state index < -0.39 is 15.1 Å². The van der Waals surface area contributed by atoms with Crippen LogP contribution in [-0.4, -0.2) is 23.0 Å². The van der Waals surface area contributed by atoms with Crippen LogP contribution in [-0.2, 0) is 10.1 Å². The van der Waals surface area contributed by atoms with Crippen molar-refractivity contribution in [1.29, 1.82) is 0 Å². The molecule has 0 fully saturated rings. The van der Waals surface area contributed by atoms with Gasteiger partial charge in [0.05, 0.1) is 0 Å². The second-order valence-electron chi connectivity index (χ2n) is 6.62. The molecule has 0 aromatic rings. The Balaban J connectivity index is 0. The number of hydrogen-bond donors (Lipinski definition) is 1. The molecule has 0 aromatic heterocycles. The molecule has 0 saturated heterocycles. The summed E-state index contributed by atoms with van der Waals surface area (Å²) in [5, 5.41) is 9.53. The molecule has 1 N–H and O–H groups in total. The summed E-state index contributed by atoms with van der Waals surface area (Å²) in [7, 11) is -4.61. The summed E-state index contributed by atoms with van der Waals surface area (Å²) in [6.45, 7) is 3.33. The second-order valence-corrected chi connectivity index (χ2v) is 8.41. The fraction of sp³-hybridized carbons (Fsp3) is 1.00. The van der Waals surface area contributed by atoms with E-state index in [4.69, 9.17) is 0 Å². The van der Waals surface area contributed by atoms with E-state index in [0.29, 0.717) is 6.42 Å². The van der Waals surface area contributed by atoms with Crippen molar-refractivity contribution >= 4 is 10.1 Å². The molecule has 1 unspecified atom stereocenters. The molecule has 23 heavy (non-hydrogen) atoms. The maximum absolute atomic E-state index is 10.8. The van der Waals surface area contributed by atoms with E-state index in [1.807, 2.05) is 0 Å². The van der Waals surface area contributed by atoms with E-state index in [0.717, 1.165) is 26.2 Å². The van der Waals surface area contributed by atoms with Gasteiger partial charge in [0, 0.05) is 0 Å². The van der Waals surface area contributed by atoms with Crippen molar-refractivity contribution in [3.8, 4) is 0 Å². The topological polar surface area (TPSA) is 77.4 Å². The first-order valence-corrected chi connectivity index (χ1v) is 10.4. The van der Waals surface area contributed by atoms with Gasteiger partial charge in [-0.15, -0.1) is 0 Å². The molecule has 4 nitrogen and oxygen atoms in total. The average molecular weight is 359 g/mol. The SMILES string of the molecule is CCCCCCCCCCCCCCCC(C)(O)S(=O)(=O)[O-].[Na+]. The largest absolute Gasteiger partial charge is 1.00 e. The zero-order valence-electron chi connectivity index (χ0n) is 15.5. The fourth-order valence-corrected chi connectivity index (χ4v) is 2.99. The van der Waals surface area contributed by atoms with Crippen LogP contribution in [0, 0.1) is 0 Å². The molecule has 0 saturated carbocycles. The van der Waals surface area contributed by atoms with Gasteiger partial charge < -0.3 is 9.66 Å². The zero-order chi connectivity index (χ0) is 16.9. The predicted octanol–water partition coefficient (Wildman–Crippen LogP) is 1.73. The van der Waals surface area contributed by atoms with Gasteiger partial charge in [0.15, 0.2) is 4.93 Å². The molecule has 1 atom stereocenters. The van der Waals surface area contributed by atoms with Crippen LogP contribution in [0.1, 0.15) is 104 Å². The van der Waals surface area contributed by atoms with Gasteiger partial charge in [-0.2, -0.15) is 0 Å². The molecule has 0 heterocycles. The van der Waals surface area contributed by atoms with E-state index in [-0.39, 0.29) is 36.0 Å². The van der Waals surface area contributed by atoms with Gasteiger partial charge in [0.25, 0.3) is 0 Å². The third kappa shape index (κ3) is 14.9. The van der Waals surface area contributed by atoms with Gasteiger partial charge in [-0.3, -0.25) is 0 Å². The zero-order valence-corrected chi connectivity index (χ0v) is 18.3. The normalized spacial score (nSPS) is 14.3. The van der Waals surface area contributed by atoms with Crippen LogP contribution in [0.25, 0.3) is 0 Å². The van der Waals surface area contributed by atoms with Gasteiger partial charge in [-0.1, -0.05) is 84.0 Å². The van der Waals surface area contributed by atoms with Gasteiger partial charge >= 0.3 is 29.6 Å². The minimum absolute atomic E-state index is 0. The van der Waals surface area contributed by atoms with E-state index >= 15 is 0 Å². The van der Waals surface area contributed by atoms with Crippen LogP contribution in [0.15, 0.2) is 0 Å². The number of aliphatic hydroxyl groups is 1. The molecule has 0 radical (unpaired) electrons. The van der Waals surface area contributed by atoms with Crippen LogP contribution < -0.4 is 29.6 Å². The molecule has 0 aliphatic carbocycles. The molecular weight excluding hydrogens is 323 g/mol. The van der Waals surface area contributed by atoms with Crippen molar-refractivity contribution in [2.24, 2.45) is 0 Å². The first-order chi connectivity index (χ1) is 10.3. The van der Waals surface area contributed by atoms with Gasteiger partial charge in [-0.25, -0.2) is 8.42 Å². The first-order valence-electron chi connectivity index (χ1n) is 8.99. The fourth-order valence-electron chi connectivity index (χ4n) is 2.60. The quantitative estimate of drug-likeness (QED) is 0.275. The summed E-state index contributed by atoms with van der Waals surface area (Å²) >= 11 is 0. The molecule has 6 heteroatoms. The van der Waals surface area contributed by atoms with Crippen molar-refractivity contribution in [3.05, 3.63) is 0 Å². The Morgan fingerprint density at radius 1 is 0.783 bits per heavy atom. The van der Waals surface area contributed by atoms with Crippen LogP contribution in [0.4, 0.5) is 0 Å². The Labute approximate surface area is 165 Å². The standard InChI is InChI=1S/C17H36O4S.Na/c1-3-4-5-6-7-8-9-10-11-12-13-14-15-16-17(2,18)22(19,20)21;/h18H,3-16H2,1-2H3,(H,19,20,21);/q;+1/p-1. The first kappa shape index (κ1) is 26.1. The van der Waals surface area contributed by atoms with E-state index in [2.05, 4.69) is 6.92 Å². The summed E-state index contributed by atoms with van der Waals surface area (Å²) in [6, 6.07) is 0.